The van der Waals surface area contributed by atoms with E-state index >= 15 is 0 Å². The number of aryl methyl sites for hydroxylation is 1. The second-order valence-electron chi connectivity index (χ2n) is 6.58. The zero-order valence-electron chi connectivity index (χ0n) is 15.8. The third-order valence-electron chi connectivity index (χ3n) is 3.99. The maximum absolute atomic E-state index is 6.07. The molecule has 0 spiro atoms. The molecule has 0 radical (unpaired) electrons. The van der Waals surface area contributed by atoms with Gasteiger partial charge in [-0.2, -0.15) is 0 Å². The molecule has 6 heteroatoms. The lowest BCUT2D eigenvalue weighted by Gasteiger charge is -2.22. The van der Waals surface area contributed by atoms with Crippen LogP contribution in [0.2, 0.25) is 5.02 Å². The summed E-state index contributed by atoms with van der Waals surface area (Å²) >= 11 is 6.07. The summed E-state index contributed by atoms with van der Waals surface area (Å²) in [6, 6.07) is 10.6. The second kappa shape index (κ2) is 8.92. The Morgan fingerprint density at radius 1 is 1.16 bits per heavy atom. The first-order valence-electron chi connectivity index (χ1n) is 8.34. The van der Waals surface area contributed by atoms with E-state index in [1.54, 1.807) is 7.05 Å². The van der Waals surface area contributed by atoms with Crippen molar-refractivity contribution in [2.45, 2.75) is 19.6 Å². The van der Waals surface area contributed by atoms with Crippen LogP contribution in [0.25, 0.3) is 0 Å². The lowest BCUT2D eigenvalue weighted by molar-refractivity contribution is 0.402. The molecule has 0 amide bonds. The van der Waals surface area contributed by atoms with Crippen LogP contribution < -0.4 is 5.32 Å². The number of halogens is 1. The fraction of sp³-hybridized carbons (Fsp3) is 0.421. The summed E-state index contributed by atoms with van der Waals surface area (Å²) in [6.45, 7) is 2.42. The van der Waals surface area contributed by atoms with Crippen LogP contribution in [-0.4, -0.2) is 48.5 Å². The van der Waals surface area contributed by atoms with E-state index in [9.17, 15) is 0 Å². The van der Waals surface area contributed by atoms with Crippen LogP contribution in [0.5, 0.6) is 0 Å². The maximum atomic E-state index is 6.07. The van der Waals surface area contributed by atoms with Crippen LogP contribution in [0.3, 0.4) is 0 Å². The molecule has 0 saturated heterocycles. The van der Waals surface area contributed by atoms with Gasteiger partial charge in [-0.1, -0.05) is 35.9 Å². The molecule has 1 N–H and O–H groups in total. The molecule has 2 rings (SSSR count). The third kappa shape index (κ3) is 5.80. The fourth-order valence-electron chi connectivity index (χ4n) is 2.81. The normalized spacial score (nSPS) is 11.9. The molecule has 0 unspecified atom stereocenters. The molecule has 0 aliphatic carbocycles. The molecule has 0 fully saturated rings. The molecule has 1 aromatic carbocycles. The van der Waals surface area contributed by atoms with Gasteiger partial charge in [-0.25, -0.2) is 0 Å². The highest BCUT2D eigenvalue weighted by Gasteiger charge is 2.10. The zero-order valence-corrected chi connectivity index (χ0v) is 16.5. The van der Waals surface area contributed by atoms with Crippen LogP contribution in [0.4, 0.5) is 0 Å². The average Bonchev–Trinajstić information content (AvgIpc) is 2.85. The van der Waals surface area contributed by atoms with Gasteiger partial charge >= 0.3 is 0 Å². The SMILES string of the molecule is CN=C(NCc1cccc(CN(C)C)c1)N(C)Cc1cc(Cl)cn1C. The Labute approximate surface area is 155 Å². The number of hydrogen-bond donors (Lipinski definition) is 1. The molecule has 5 nitrogen and oxygen atoms in total. The van der Waals surface area contributed by atoms with E-state index in [1.165, 1.54) is 11.1 Å². The van der Waals surface area contributed by atoms with Gasteiger partial charge < -0.3 is 19.7 Å². The smallest absolute Gasteiger partial charge is 0.194 e. The second-order valence-corrected chi connectivity index (χ2v) is 7.01. The molecule has 1 heterocycles. The highest BCUT2D eigenvalue weighted by Crippen LogP contribution is 2.14. The summed E-state index contributed by atoms with van der Waals surface area (Å²) < 4.78 is 2.04. The van der Waals surface area contributed by atoms with Gasteiger partial charge in [0.25, 0.3) is 0 Å². The van der Waals surface area contributed by atoms with Gasteiger partial charge in [0.05, 0.1) is 11.6 Å². The van der Waals surface area contributed by atoms with Crippen molar-refractivity contribution in [2.75, 3.05) is 28.2 Å². The summed E-state index contributed by atoms with van der Waals surface area (Å²) in [5.74, 6) is 0.857. The van der Waals surface area contributed by atoms with Crippen molar-refractivity contribution in [1.82, 2.24) is 19.7 Å². The summed E-state index contributed by atoms with van der Waals surface area (Å²) in [4.78, 5) is 8.65. The Hall–Kier alpha value is -1.98. The van der Waals surface area contributed by atoms with Crippen molar-refractivity contribution in [3.05, 3.63) is 58.4 Å². The van der Waals surface area contributed by atoms with Gasteiger partial charge in [-0.05, 0) is 31.3 Å². The summed E-state index contributed by atoms with van der Waals surface area (Å²) in [6.07, 6.45) is 1.91. The van der Waals surface area contributed by atoms with E-state index in [0.717, 1.165) is 36.3 Å². The maximum Gasteiger partial charge on any atom is 0.194 e. The van der Waals surface area contributed by atoms with Crippen LogP contribution >= 0.6 is 11.6 Å². The third-order valence-corrected chi connectivity index (χ3v) is 4.19. The molecular formula is C19H28ClN5. The monoisotopic (exact) mass is 361 g/mol. The predicted molar refractivity (Wildman–Crippen MR) is 106 cm³/mol. The Bertz CT molecular complexity index is 720. The van der Waals surface area contributed by atoms with Crippen molar-refractivity contribution in [2.24, 2.45) is 12.0 Å². The molecule has 1 aromatic heterocycles. The molecule has 0 aliphatic heterocycles. The van der Waals surface area contributed by atoms with E-state index < -0.39 is 0 Å². The topological polar surface area (TPSA) is 35.8 Å². The number of rotatable bonds is 6. The van der Waals surface area contributed by atoms with Gasteiger partial charge in [-0.15, -0.1) is 0 Å². The lowest BCUT2D eigenvalue weighted by atomic mass is 10.1. The van der Waals surface area contributed by atoms with Crippen molar-refractivity contribution in [3.63, 3.8) is 0 Å². The molecular weight excluding hydrogens is 334 g/mol. The Balaban J connectivity index is 1.97. The van der Waals surface area contributed by atoms with Crippen LogP contribution in [0.1, 0.15) is 16.8 Å². The number of nitrogens with one attached hydrogen (secondary N) is 1. The first-order chi connectivity index (χ1) is 11.9. The number of hydrogen-bond acceptors (Lipinski definition) is 2. The largest absolute Gasteiger partial charge is 0.352 e. The minimum atomic E-state index is 0.740. The van der Waals surface area contributed by atoms with Crippen molar-refractivity contribution < 1.29 is 0 Å². The number of benzene rings is 1. The highest BCUT2D eigenvalue weighted by molar-refractivity contribution is 6.30. The van der Waals surface area contributed by atoms with Crippen molar-refractivity contribution >= 4 is 17.6 Å². The predicted octanol–water partition coefficient (Wildman–Crippen LogP) is 2.95. The molecule has 0 aliphatic rings. The number of aromatic nitrogens is 1. The lowest BCUT2D eigenvalue weighted by Crippen LogP contribution is -2.38. The van der Waals surface area contributed by atoms with E-state index in [1.807, 2.05) is 30.9 Å². The molecule has 0 saturated carbocycles. The minimum absolute atomic E-state index is 0.740. The van der Waals surface area contributed by atoms with Gasteiger partial charge in [-0.3, -0.25) is 4.99 Å². The number of aliphatic imine (C=N–C) groups is 1. The standard InChI is InChI=1S/C19H28ClN5/c1-21-19(25(5)14-18-10-17(20)13-24(18)4)22-11-15-7-6-8-16(9-15)12-23(2)3/h6-10,13H,11-12,14H2,1-5H3,(H,21,22). The molecule has 0 bridgehead atoms. The summed E-state index contributed by atoms with van der Waals surface area (Å²) in [7, 11) is 9.99. The summed E-state index contributed by atoms with van der Waals surface area (Å²) in [5.41, 5.74) is 3.70. The minimum Gasteiger partial charge on any atom is -0.352 e. The van der Waals surface area contributed by atoms with Crippen LogP contribution in [-0.2, 0) is 26.7 Å². The van der Waals surface area contributed by atoms with Crippen LogP contribution in [0.15, 0.2) is 41.5 Å². The highest BCUT2D eigenvalue weighted by atomic mass is 35.5. The molecule has 25 heavy (non-hydrogen) atoms. The first kappa shape index (κ1) is 19.3. The Morgan fingerprint density at radius 3 is 2.48 bits per heavy atom. The first-order valence-corrected chi connectivity index (χ1v) is 8.72. The van der Waals surface area contributed by atoms with Gasteiger partial charge in [0, 0.05) is 46.1 Å². The van der Waals surface area contributed by atoms with Gasteiger partial charge in [0.1, 0.15) is 0 Å². The Kier molecular flexibility index (Phi) is 6.91. The average molecular weight is 362 g/mol. The van der Waals surface area contributed by atoms with E-state index in [0.29, 0.717) is 0 Å². The van der Waals surface area contributed by atoms with E-state index in [-0.39, 0.29) is 0 Å². The van der Waals surface area contributed by atoms with Crippen LogP contribution in [0, 0.1) is 0 Å². The fourth-order valence-corrected chi connectivity index (χ4v) is 3.08. The summed E-state index contributed by atoms with van der Waals surface area (Å²) in [5, 5.41) is 4.19. The molecule has 2 aromatic rings. The van der Waals surface area contributed by atoms with E-state index in [4.69, 9.17) is 11.6 Å². The van der Waals surface area contributed by atoms with Crippen molar-refractivity contribution in [3.8, 4) is 0 Å². The van der Waals surface area contributed by atoms with Crippen molar-refractivity contribution in [1.29, 1.82) is 0 Å². The number of nitrogens with zero attached hydrogens (tertiary/aromatic N) is 4. The quantitative estimate of drug-likeness (QED) is 0.634. The number of guanidine groups is 1. The molecule has 136 valence electrons. The zero-order chi connectivity index (χ0) is 18.4. The molecule has 0 atom stereocenters. The van der Waals surface area contributed by atoms with E-state index in [2.05, 4.69) is 58.5 Å². The van der Waals surface area contributed by atoms with Gasteiger partial charge in [0.15, 0.2) is 5.96 Å². The Morgan fingerprint density at radius 2 is 1.88 bits per heavy atom. The van der Waals surface area contributed by atoms with Gasteiger partial charge in [0.2, 0.25) is 0 Å².